The van der Waals surface area contributed by atoms with Gasteiger partial charge in [0.15, 0.2) is 0 Å². The fourth-order valence-electron chi connectivity index (χ4n) is 3.44. The molecule has 0 spiro atoms. The van der Waals surface area contributed by atoms with Crippen LogP contribution in [0.5, 0.6) is 6.01 Å². The highest BCUT2D eigenvalue weighted by atomic mass is 19.4. The fourth-order valence-corrected chi connectivity index (χ4v) is 3.44. The van der Waals surface area contributed by atoms with E-state index in [9.17, 15) is 28.1 Å². The van der Waals surface area contributed by atoms with Gasteiger partial charge in [-0.2, -0.15) is 13.2 Å². The van der Waals surface area contributed by atoms with E-state index >= 15 is 0 Å². The largest absolute Gasteiger partial charge is 0.436 e. The van der Waals surface area contributed by atoms with Crippen LogP contribution in [0.2, 0.25) is 0 Å². The van der Waals surface area contributed by atoms with Gasteiger partial charge in [-0.05, 0) is 30.0 Å². The summed E-state index contributed by atoms with van der Waals surface area (Å²) in [5.74, 6) is -0.366. The topological polar surface area (TPSA) is 97.1 Å². The molecule has 0 N–H and O–H groups in total. The number of nitro groups is 1. The Hall–Kier alpha value is -3.31. The first-order valence-corrected chi connectivity index (χ1v) is 8.16. The summed E-state index contributed by atoms with van der Waals surface area (Å²) in [5, 5.41) is 10.8. The van der Waals surface area contributed by atoms with Crippen molar-refractivity contribution < 1.29 is 22.8 Å². The molecule has 0 amide bonds. The third-order valence-electron chi connectivity index (χ3n) is 4.72. The quantitative estimate of drug-likeness (QED) is 0.499. The Labute approximate surface area is 154 Å². The van der Waals surface area contributed by atoms with Gasteiger partial charge in [-0.15, -0.1) is 0 Å². The number of rotatable bonds is 3. The van der Waals surface area contributed by atoms with E-state index in [-0.39, 0.29) is 30.4 Å². The van der Waals surface area contributed by atoms with E-state index in [1.807, 2.05) is 0 Å². The summed E-state index contributed by atoms with van der Waals surface area (Å²) in [6.45, 7) is 1.76. The van der Waals surface area contributed by atoms with Gasteiger partial charge >= 0.3 is 23.7 Å². The minimum Gasteiger partial charge on any atom is -0.436 e. The number of hydrogen-bond acceptors (Lipinski definition) is 5. The normalized spacial score (nSPS) is 19.0. The summed E-state index contributed by atoms with van der Waals surface area (Å²) in [5.41, 5.74) is -1.88. The molecule has 28 heavy (non-hydrogen) atoms. The second-order valence-electron chi connectivity index (χ2n) is 6.95. The van der Waals surface area contributed by atoms with Gasteiger partial charge in [-0.3, -0.25) is 13.7 Å². The van der Waals surface area contributed by atoms with Crippen LogP contribution in [0.25, 0.3) is 11.0 Å². The van der Waals surface area contributed by atoms with E-state index in [2.05, 4.69) is 4.98 Å². The number of halogens is 3. The highest BCUT2D eigenvalue weighted by Crippen LogP contribution is 2.34. The molecular weight excluding hydrogens is 383 g/mol. The number of nitrogens with zero attached hydrogens (tertiary/aromatic N) is 5. The van der Waals surface area contributed by atoms with Gasteiger partial charge in [0.2, 0.25) is 0 Å². The Morgan fingerprint density at radius 1 is 1.36 bits per heavy atom. The van der Waals surface area contributed by atoms with Gasteiger partial charge in [0.1, 0.15) is 11.8 Å². The zero-order chi connectivity index (χ0) is 20.4. The molecule has 1 aliphatic rings. The summed E-state index contributed by atoms with van der Waals surface area (Å²) in [6, 6.07) is 3.13. The van der Waals surface area contributed by atoms with Crippen molar-refractivity contribution in [1.29, 1.82) is 0 Å². The summed E-state index contributed by atoms with van der Waals surface area (Å²) >= 11 is 0. The Bertz CT molecular complexity index is 1150. The molecule has 0 saturated carbocycles. The lowest BCUT2D eigenvalue weighted by atomic mass is 10.1. The highest BCUT2D eigenvalue weighted by molar-refractivity contribution is 5.77. The molecule has 1 unspecified atom stereocenters. The Morgan fingerprint density at radius 3 is 2.68 bits per heavy atom. The van der Waals surface area contributed by atoms with Crippen LogP contribution in [0, 0.1) is 10.1 Å². The minimum atomic E-state index is -4.54. The summed E-state index contributed by atoms with van der Waals surface area (Å²) < 4.78 is 48.9. The van der Waals surface area contributed by atoms with Crippen molar-refractivity contribution in [1.82, 2.24) is 18.7 Å². The smallest absolute Gasteiger partial charge is 0.416 e. The van der Waals surface area contributed by atoms with Crippen molar-refractivity contribution in [3.05, 3.63) is 50.6 Å². The maximum absolute atomic E-state index is 13.1. The third-order valence-corrected chi connectivity index (χ3v) is 4.72. The molecule has 3 aromatic rings. The van der Waals surface area contributed by atoms with E-state index in [0.717, 1.165) is 12.1 Å². The van der Waals surface area contributed by atoms with Crippen LogP contribution >= 0.6 is 0 Å². The lowest BCUT2D eigenvalue weighted by Gasteiger charge is -2.22. The van der Waals surface area contributed by atoms with E-state index in [1.165, 1.54) is 33.0 Å². The average molecular weight is 397 g/mol. The van der Waals surface area contributed by atoms with Crippen molar-refractivity contribution in [3.63, 3.8) is 0 Å². The molecular formula is C16H14F3N5O4. The molecule has 1 atom stereocenters. The maximum Gasteiger partial charge on any atom is 0.416 e. The number of hydrogen-bond donors (Lipinski definition) is 0. The number of ether oxygens (including phenoxy) is 1. The molecule has 12 heteroatoms. The summed E-state index contributed by atoms with van der Waals surface area (Å²) in [7, 11) is 1.47. The van der Waals surface area contributed by atoms with Gasteiger partial charge < -0.3 is 14.9 Å². The van der Waals surface area contributed by atoms with Crippen LogP contribution in [-0.4, -0.2) is 29.2 Å². The molecule has 1 aliphatic heterocycles. The number of alkyl halides is 3. The number of aromatic nitrogens is 4. The predicted molar refractivity (Wildman–Crippen MR) is 90.1 cm³/mol. The van der Waals surface area contributed by atoms with Gasteiger partial charge in [0.05, 0.1) is 29.7 Å². The second-order valence-corrected chi connectivity index (χ2v) is 6.95. The zero-order valence-electron chi connectivity index (χ0n) is 14.7. The number of benzene rings is 1. The molecule has 3 heterocycles. The van der Waals surface area contributed by atoms with Gasteiger partial charge in [0, 0.05) is 12.0 Å². The minimum absolute atomic E-state index is 0.0264. The van der Waals surface area contributed by atoms with Crippen LogP contribution in [0.15, 0.2) is 29.2 Å². The number of fused-ring (bicyclic) bond motifs is 2. The van der Waals surface area contributed by atoms with Crippen LogP contribution in [-0.2, 0) is 26.3 Å². The molecule has 148 valence electrons. The Balaban J connectivity index is 1.73. The van der Waals surface area contributed by atoms with E-state index in [1.54, 1.807) is 6.92 Å². The zero-order valence-corrected chi connectivity index (χ0v) is 14.7. The van der Waals surface area contributed by atoms with Gasteiger partial charge in [-0.1, -0.05) is 0 Å². The monoisotopic (exact) mass is 397 g/mol. The molecule has 0 aliphatic carbocycles. The second kappa shape index (κ2) is 5.59. The number of aryl methyl sites for hydroxylation is 1. The first-order valence-electron chi connectivity index (χ1n) is 8.16. The van der Waals surface area contributed by atoms with Crippen LogP contribution < -0.4 is 10.4 Å². The SMILES string of the molecule is Cn1c(=O)n(CC2(C)Cn3cc([N+](=O)[O-])nc3O2)c2cc(C(F)(F)F)ccc21. The summed E-state index contributed by atoms with van der Waals surface area (Å²) in [4.78, 5) is 26.5. The molecule has 0 bridgehead atoms. The molecule has 1 aromatic carbocycles. The van der Waals surface area contributed by atoms with Gasteiger partial charge in [-0.25, -0.2) is 4.79 Å². The molecule has 0 fully saturated rings. The molecule has 2 aromatic heterocycles. The predicted octanol–water partition coefficient (Wildman–Crippen LogP) is 2.31. The third kappa shape index (κ3) is 2.72. The standard InChI is InChI=1S/C16H14F3N5O4/c1-15(7-22-6-12(24(26)27)20-13(22)28-15)8-23-11-5-9(16(17,18)19)3-4-10(11)21(2)14(23)25/h3-6H,7-8H2,1-2H3. The van der Waals surface area contributed by atoms with Crippen molar-refractivity contribution >= 4 is 16.9 Å². The van der Waals surface area contributed by atoms with E-state index < -0.39 is 28.0 Å². The van der Waals surface area contributed by atoms with E-state index in [4.69, 9.17) is 4.74 Å². The highest BCUT2D eigenvalue weighted by Gasteiger charge is 2.41. The Kier molecular flexibility index (Phi) is 3.61. The van der Waals surface area contributed by atoms with Crippen molar-refractivity contribution in [3.8, 4) is 6.01 Å². The van der Waals surface area contributed by atoms with E-state index in [0.29, 0.717) is 5.52 Å². The Morgan fingerprint density at radius 2 is 2.07 bits per heavy atom. The van der Waals surface area contributed by atoms with Crippen molar-refractivity contribution in [2.45, 2.75) is 31.8 Å². The van der Waals surface area contributed by atoms with Gasteiger partial charge in [0.25, 0.3) is 0 Å². The number of imidazole rings is 2. The van der Waals surface area contributed by atoms with Crippen LogP contribution in [0.4, 0.5) is 19.0 Å². The fraction of sp³-hybridized carbons (Fsp3) is 0.375. The molecule has 4 rings (SSSR count). The first-order chi connectivity index (χ1) is 13.0. The molecule has 0 saturated heterocycles. The lowest BCUT2D eigenvalue weighted by Crippen LogP contribution is -2.40. The lowest BCUT2D eigenvalue weighted by molar-refractivity contribution is -0.389. The van der Waals surface area contributed by atoms with Crippen molar-refractivity contribution in [2.75, 3.05) is 0 Å². The maximum atomic E-state index is 13.1. The molecule has 9 nitrogen and oxygen atoms in total. The summed E-state index contributed by atoms with van der Waals surface area (Å²) in [6.07, 6.45) is -3.33. The van der Waals surface area contributed by atoms with Crippen molar-refractivity contribution in [2.24, 2.45) is 7.05 Å². The average Bonchev–Trinajstić information content (AvgIpc) is 3.19. The van der Waals surface area contributed by atoms with Crippen LogP contribution in [0.1, 0.15) is 12.5 Å². The first kappa shape index (κ1) is 18.1. The molecule has 0 radical (unpaired) electrons. The van der Waals surface area contributed by atoms with Crippen LogP contribution in [0.3, 0.4) is 0 Å².